The summed E-state index contributed by atoms with van der Waals surface area (Å²) < 4.78 is 5.68. The molecule has 3 aromatic carbocycles. The molecular formula is C27H25N3O3. The van der Waals surface area contributed by atoms with Gasteiger partial charge >= 0.3 is 0 Å². The third kappa shape index (κ3) is 4.32. The number of fused-ring (bicyclic) bond motifs is 2. The van der Waals surface area contributed by atoms with Crippen molar-refractivity contribution in [2.24, 2.45) is 0 Å². The summed E-state index contributed by atoms with van der Waals surface area (Å²) in [5.74, 6) is 0.269. The zero-order valence-corrected chi connectivity index (χ0v) is 18.2. The summed E-state index contributed by atoms with van der Waals surface area (Å²) in [6.07, 6.45) is 2.25. The molecule has 2 amide bonds. The van der Waals surface area contributed by atoms with E-state index >= 15 is 0 Å². The number of anilines is 1. The fourth-order valence-electron chi connectivity index (χ4n) is 4.38. The number of nitrogens with one attached hydrogen (secondary N) is 2. The molecule has 1 aliphatic heterocycles. The smallest absolute Gasteiger partial charge is 0.240 e. The highest BCUT2D eigenvalue weighted by Gasteiger charge is 2.26. The van der Waals surface area contributed by atoms with Gasteiger partial charge in [0, 0.05) is 29.6 Å². The van der Waals surface area contributed by atoms with Gasteiger partial charge in [-0.15, -0.1) is 0 Å². The Morgan fingerprint density at radius 3 is 2.64 bits per heavy atom. The van der Waals surface area contributed by atoms with E-state index in [1.54, 1.807) is 0 Å². The molecule has 6 nitrogen and oxygen atoms in total. The summed E-state index contributed by atoms with van der Waals surface area (Å²) in [7, 11) is 0. The first-order valence-electron chi connectivity index (χ1n) is 11.1. The maximum absolute atomic E-state index is 13.0. The molecule has 0 radical (unpaired) electrons. The molecule has 0 fully saturated rings. The molecule has 5 rings (SSSR count). The van der Waals surface area contributed by atoms with Crippen LogP contribution in [-0.4, -0.2) is 36.5 Å². The number of hydrogen-bond donors (Lipinski definition) is 2. The minimum atomic E-state index is -0.208. The van der Waals surface area contributed by atoms with Crippen LogP contribution in [0.5, 0.6) is 5.75 Å². The number of para-hydroxylation sites is 3. The Balaban J connectivity index is 1.37. The second kappa shape index (κ2) is 9.20. The van der Waals surface area contributed by atoms with Crippen LogP contribution in [0, 0.1) is 0 Å². The normalized spacial score (nSPS) is 14.3. The van der Waals surface area contributed by atoms with Crippen molar-refractivity contribution >= 4 is 28.4 Å². The minimum Gasteiger partial charge on any atom is -0.491 e. The van der Waals surface area contributed by atoms with Gasteiger partial charge in [-0.25, -0.2) is 0 Å². The summed E-state index contributed by atoms with van der Waals surface area (Å²) >= 11 is 0. The predicted molar refractivity (Wildman–Crippen MR) is 129 cm³/mol. The highest BCUT2D eigenvalue weighted by atomic mass is 16.5. The molecule has 2 heterocycles. The lowest BCUT2D eigenvalue weighted by Crippen LogP contribution is -2.41. The van der Waals surface area contributed by atoms with Crippen molar-refractivity contribution in [3.05, 3.63) is 96.2 Å². The highest BCUT2D eigenvalue weighted by Crippen LogP contribution is 2.32. The summed E-state index contributed by atoms with van der Waals surface area (Å²) in [5, 5.41) is 4.20. The molecular weight excluding hydrogens is 414 g/mol. The first kappa shape index (κ1) is 20.8. The number of aromatic amines is 1. The van der Waals surface area contributed by atoms with Gasteiger partial charge in [-0.05, 0) is 29.3 Å². The number of amides is 2. The van der Waals surface area contributed by atoms with Crippen LogP contribution in [-0.2, 0) is 9.59 Å². The van der Waals surface area contributed by atoms with Gasteiger partial charge in [0.2, 0.25) is 11.8 Å². The monoisotopic (exact) mass is 439 g/mol. The Bertz CT molecular complexity index is 1280. The molecule has 6 heteroatoms. The molecule has 2 N–H and O–H groups in total. The van der Waals surface area contributed by atoms with Gasteiger partial charge in [0.15, 0.2) is 0 Å². The molecule has 4 aromatic rings. The third-order valence-corrected chi connectivity index (χ3v) is 6.03. The molecule has 166 valence electrons. The van der Waals surface area contributed by atoms with Crippen molar-refractivity contribution in [1.29, 1.82) is 0 Å². The van der Waals surface area contributed by atoms with E-state index < -0.39 is 0 Å². The van der Waals surface area contributed by atoms with Crippen LogP contribution in [0.4, 0.5) is 5.69 Å². The molecule has 1 unspecified atom stereocenters. The van der Waals surface area contributed by atoms with Crippen LogP contribution in [0.2, 0.25) is 0 Å². The fourth-order valence-corrected chi connectivity index (χ4v) is 4.38. The van der Waals surface area contributed by atoms with E-state index in [1.807, 2.05) is 66.9 Å². The molecule has 1 aromatic heterocycles. The van der Waals surface area contributed by atoms with Crippen molar-refractivity contribution in [3.8, 4) is 5.75 Å². The Labute approximate surface area is 192 Å². The number of rotatable bonds is 6. The SMILES string of the molecule is O=C(CN1C(=O)CCOc2ccccc21)NCC(c1ccccc1)c1c[nH]c2ccccc12. The molecule has 1 aliphatic rings. The molecule has 33 heavy (non-hydrogen) atoms. The van der Waals surface area contributed by atoms with Crippen molar-refractivity contribution in [2.75, 3.05) is 24.6 Å². The number of carbonyl (C=O) groups is 2. The van der Waals surface area contributed by atoms with Gasteiger partial charge in [0.05, 0.1) is 18.7 Å². The van der Waals surface area contributed by atoms with Crippen molar-refractivity contribution < 1.29 is 14.3 Å². The van der Waals surface area contributed by atoms with E-state index in [-0.39, 0.29) is 30.7 Å². The van der Waals surface area contributed by atoms with E-state index in [9.17, 15) is 9.59 Å². The molecule has 1 atom stereocenters. The lowest BCUT2D eigenvalue weighted by Gasteiger charge is -2.23. The van der Waals surface area contributed by atoms with Crippen molar-refractivity contribution in [2.45, 2.75) is 12.3 Å². The fraction of sp³-hybridized carbons (Fsp3) is 0.185. The zero-order valence-electron chi connectivity index (χ0n) is 18.2. The first-order valence-corrected chi connectivity index (χ1v) is 11.1. The van der Waals surface area contributed by atoms with Gasteiger partial charge in [0.1, 0.15) is 12.3 Å². The van der Waals surface area contributed by atoms with Crippen LogP contribution in [0.15, 0.2) is 85.1 Å². The number of carbonyl (C=O) groups excluding carboxylic acids is 2. The first-order chi connectivity index (χ1) is 16.2. The number of hydrogen-bond acceptors (Lipinski definition) is 3. The van der Waals surface area contributed by atoms with E-state index in [2.05, 4.69) is 28.5 Å². The van der Waals surface area contributed by atoms with Gasteiger partial charge in [-0.3, -0.25) is 14.5 Å². The number of nitrogens with zero attached hydrogens (tertiary/aromatic N) is 1. The lowest BCUT2D eigenvalue weighted by atomic mass is 9.91. The van der Waals surface area contributed by atoms with Crippen LogP contribution in [0.25, 0.3) is 10.9 Å². The van der Waals surface area contributed by atoms with Crippen LogP contribution >= 0.6 is 0 Å². The van der Waals surface area contributed by atoms with Gasteiger partial charge in [0.25, 0.3) is 0 Å². The second-order valence-electron chi connectivity index (χ2n) is 8.10. The Morgan fingerprint density at radius 2 is 1.76 bits per heavy atom. The van der Waals surface area contributed by atoms with Gasteiger partial charge < -0.3 is 15.0 Å². The van der Waals surface area contributed by atoms with Gasteiger partial charge in [-0.1, -0.05) is 60.7 Å². The number of aromatic nitrogens is 1. The topological polar surface area (TPSA) is 74.4 Å². The summed E-state index contributed by atoms with van der Waals surface area (Å²) in [4.78, 5) is 30.5. The zero-order chi connectivity index (χ0) is 22.6. The minimum absolute atomic E-state index is 0.0262. The van der Waals surface area contributed by atoms with E-state index in [1.165, 1.54) is 4.90 Å². The highest BCUT2D eigenvalue weighted by molar-refractivity contribution is 6.00. The molecule has 0 saturated heterocycles. The lowest BCUT2D eigenvalue weighted by molar-refractivity contribution is -0.123. The maximum Gasteiger partial charge on any atom is 0.240 e. The Kier molecular flexibility index (Phi) is 5.81. The summed E-state index contributed by atoms with van der Waals surface area (Å²) in [5.41, 5.74) is 3.94. The van der Waals surface area contributed by atoms with Crippen LogP contribution in [0.1, 0.15) is 23.5 Å². The van der Waals surface area contributed by atoms with E-state index in [4.69, 9.17) is 4.74 Å². The third-order valence-electron chi connectivity index (χ3n) is 6.03. The van der Waals surface area contributed by atoms with Gasteiger partial charge in [-0.2, -0.15) is 0 Å². The van der Waals surface area contributed by atoms with E-state index in [0.29, 0.717) is 24.6 Å². The number of ether oxygens (including phenoxy) is 1. The van der Waals surface area contributed by atoms with Crippen LogP contribution < -0.4 is 15.0 Å². The van der Waals surface area contributed by atoms with Crippen LogP contribution in [0.3, 0.4) is 0 Å². The standard InChI is InChI=1S/C27H25N3O3/c31-26(18-30-24-12-6-7-13-25(24)33-15-14-27(30)32)29-16-21(19-8-2-1-3-9-19)22-17-28-23-11-5-4-10-20(22)23/h1-13,17,21,28H,14-16,18H2,(H,29,31). The number of benzene rings is 3. The maximum atomic E-state index is 13.0. The molecule has 0 bridgehead atoms. The Hall–Kier alpha value is -4.06. The molecule has 0 aliphatic carbocycles. The molecule has 0 spiro atoms. The average Bonchev–Trinajstić information content (AvgIpc) is 3.21. The Morgan fingerprint density at radius 1 is 1.00 bits per heavy atom. The molecule has 0 saturated carbocycles. The second-order valence-corrected chi connectivity index (χ2v) is 8.10. The summed E-state index contributed by atoms with van der Waals surface area (Å²) in [6, 6.07) is 25.6. The number of H-pyrrole nitrogens is 1. The van der Waals surface area contributed by atoms with E-state index in [0.717, 1.165) is 22.0 Å². The quantitative estimate of drug-likeness (QED) is 0.472. The largest absolute Gasteiger partial charge is 0.491 e. The van der Waals surface area contributed by atoms with Crippen molar-refractivity contribution in [1.82, 2.24) is 10.3 Å². The van der Waals surface area contributed by atoms with Crippen molar-refractivity contribution in [3.63, 3.8) is 0 Å². The average molecular weight is 440 g/mol. The predicted octanol–water partition coefficient (Wildman–Crippen LogP) is 4.23. The summed E-state index contributed by atoms with van der Waals surface area (Å²) in [6.45, 7) is 0.685.